The summed E-state index contributed by atoms with van der Waals surface area (Å²) in [5.74, 6) is 0.671. The SMILES string of the molecule is CC(C)Cn1c(-c2cnn(C)c2)nnc1S(=O)(=O)Cl. The maximum absolute atomic E-state index is 11.5. The van der Waals surface area contributed by atoms with Gasteiger partial charge in [0, 0.05) is 30.5 Å². The Morgan fingerprint density at radius 1 is 1.37 bits per heavy atom. The summed E-state index contributed by atoms with van der Waals surface area (Å²) in [5, 5.41) is 11.4. The molecule has 9 heteroatoms. The Morgan fingerprint density at radius 3 is 2.53 bits per heavy atom. The summed E-state index contributed by atoms with van der Waals surface area (Å²) in [6.45, 7) is 4.40. The second-order valence-corrected chi connectivity index (χ2v) is 7.11. The lowest BCUT2D eigenvalue weighted by Gasteiger charge is -2.10. The molecule has 0 radical (unpaired) electrons. The smallest absolute Gasteiger partial charge is 0.296 e. The molecule has 0 N–H and O–H groups in total. The molecule has 0 unspecified atom stereocenters. The fourth-order valence-corrected chi connectivity index (χ4v) is 2.65. The van der Waals surface area contributed by atoms with Crippen molar-refractivity contribution in [1.29, 1.82) is 0 Å². The van der Waals surface area contributed by atoms with E-state index in [0.29, 0.717) is 17.9 Å². The Kier molecular flexibility index (Phi) is 3.64. The third-order valence-electron chi connectivity index (χ3n) is 2.45. The molecule has 19 heavy (non-hydrogen) atoms. The van der Waals surface area contributed by atoms with E-state index in [1.165, 1.54) is 4.57 Å². The highest BCUT2D eigenvalue weighted by atomic mass is 35.7. The molecule has 7 nitrogen and oxygen atoms in total. The van der Waals surface area contributed by atoms with Gasteiger partial charge in [0.2, 0.25) is 0 Å². The lowest BCUT2D eigenvalue weighted by molar-refractivity contribution is 0.488. The number of hydrogen-bond acceptors (Lipinski definition) is 5. The zero-order valence-corrected chi connectivity index (χ0v) is 12.4. The maximum Gasteiger partial charge on any atom is 0.296 e. The zero-order valence-electron chi connectivity index (χ0n) is 10.8. The Bertz CT molecular complexity index is 689. The molecule has 0 amide bonds. The summed E-state index contributed by atoms with van der Waals surface area (Å²) in [5.41, 5.74) is 0.696. The molecule has 2 rings (SSSR count). The van der Waals surface area contributed by atoms with E-state index in [1.54, 1.807) is 24.1 Å². The minimum absolute atomic E-state index is 0.226. The van der Waals surface area contributed by atoms with Crippen molar-refractivity contribution in [3.8, 4) is 11.4 Å². The third-order valence-corrected chi connectivity index (χ3v) is 3.60. The Labute approximate surface area is 115 Å². The first-order chi connectivity index (χ1) is 8.79. The van der Waals surface area contributed by atoms with Crippen molar-refractivity contribution in [3.63, 3.8) is 0 Å². The maximum atomic E-state index is 11.5. The minimum atomic E-state index is -3.93. The van der Waals surface area contributed by atoms with Crippen molar-refractivity contribution in [2.75, 3.05) is 0 Å². The number of hydrogen-bond donors (Lipinski definition) is 0. The van der Waals surface area contributed by atoms with Crippen molar-refractivity contribution in [3.05, 3.63) is 12.4 Å². The molecule has 0 fully saturated rings. The van der Waals surface area contributed by atoms with Gasteiger partial charge in [-0.2, -0.15) is 5.10 Å². The summed E-state index contributed by atoms with van der Waals surface area (Å²) in [6.07, 6.45) is 3.34. The molecule has 0 aliphatic heterocycles. The van der Waals surface area contributed by atoms with Gasteiger partial charge < -0.3 is 0 Å². The standard InChI is InChI=1S/C10H14ClN5O2S/c1-7(2)5-16-9(8-4-12-15(3)6-8)13-14-10(16)19(11,17)18/h4,6-7H,5H2,1-3H3. The molecule has 0 saturated heterocycles. The molecule has 0 atom stereocenters. The van der Waals surface area contributed by atoms with Crippen LogP contribution < -0.4 is 0 Å². The van der Waals surface area contributed by atoms with Crippen LogP contribution >= 0.6 is 10.7 Å². The molecule has 104 valence electrons. The third kappa shape index (κ3) is 2.95. The van der Waals surface area contributed by atoms with E-state index in [4.69, 9.17) is 10.7 Å². The molecule has 0 spiro atoms. The normalized spacial score (nSPS) is 12.3. The average molecular weight is 304 g/mol. The van der Waals surface area contributed by atoms with Gasteiger partial charge in [0.05, 0.1) is 11.8 Å². The van der Waals surface area contributed by atoms with Crippen LogP contribution in [-0.4, -0.2) is 33.0 Å². The minimum Gasteiger partial charge on any atom is -0.296 e. The lowest BCUT2D eigenvalue weighted by atomic mass is 10.2. The van der Waals surface area contributed by atoms with E-state index in [9.17, 15) is 8.42 Å². The zero-order chi connectivity index (χ0) is 14.2. The fourth-order valence-electron chi connectivity index (χ4n) is 1.75. The topological polar surface area (TPSA) is 82.7 Å². The van der Waals surface area contributed by atoms with E-state index in [2.05, 4.69) is 15.3 Å². The number of halogens is 1. The molecule has 0 aliphatic rings. The van der Waals surface area contributed by atoms with Crippen LogP contribution in [-0.2, 0) is 22.6 Å². The fraction of sp³-hybridized carbons (Fsp3) is 0.500. The summed E-state index contributed by atoms with van der Waals surface area (Å²) in [6, 6.07) is 0. The molecule has 0 aliphatic carbocycles. The summed E-state index contributed by atoms with van der Waals surface area (Å²) in [4.78, 5) is 0. The van der Waals surface area contributed by atoms with E-state index in [0.717, 1.165) is 0 Å². The van der Waals surface area contributed by atoms with Crippen LogP contribution in [0.5, 0.6) is 0 Å². The predicted octanol–water partition coefficient (Wildman–Crippen LogP) is 1.26. The number of aryl methyl sites for hydroxylation is 1. The first kappa shape index (κ1) is 14.0. The lowest BCUT2D eigenvalue weighted by Crippen LogP contribution is -2.11. The van der Waals surface area contributed by atoms with Gasteiger partial charge in [-0.15, -0.1) is 10.2 Å². The van der Waals surface area contributed by atoms with E-state index >= 15 is 0 Å². The van der Waals surface area contributed by atoms with Gasteiger partial charge in [0.1, 0.15) is 0 Å². The second kappa shape index (κ2) is 4.93. The van der Waals surface area contributed by atoms with Crippen LogP contribution in [0, 0.1) is 5.92 Å². The molecule has 0 saturated carbocycles. The number of nitrogens with zero attached hydrogens (tertiary/aromatic N) is 5. The number of aromatic nitrogens is 5. The Hall–Kier alpha value is -1.41. The van der Waals surface area contributed by atoms with Crippen LogP contribution in [0.3, 0.4) is 0 Å². The van der Waals surface area contributed by atoms with Gasteiger partial charge >= 0.3 is 0 Å². The van der Waals surface area contributed by atoms with Crippen LogP contribution in [0.4, 0.5) is 0 Å². The molecule has 2 aromatic rings. The van der Waals surface area contributed by atoms with Gasteiger partial charge in [-0.3, -0.25) is 9.25 Å². The largest absolute Gasteiger partial charge is 0.296 e. The van der Waals surface area contributed by atoms with Crippen LogP contribution in [0.1, 0.15) is 13.8 Å². The van der Waals surface area contributed by atoms with Crippen LogP contribution in [0.2, 0.25) is 0 Å². The second-order valence-electron chi connectivity index (χ2n) is 4.65. The van der Waals surface area contributed by atoms with Crippen molar-refractivity contribution in [1.82, 2.24) is 24.5 Å². The van der Waals surface area contributed by atoms with E-state index in [-0.39, 0.29) is 11.1 Å². The quantitative estimate of drug-likeness (QED) is 0.794. The van der Waals surface area contributed by atoms with Crippen molar-refractivity contribution >= 4 is 19.7 Å². The van der Waals surface area contributed by atoms with Gasteiger partial charge in [0.15, 0.2) is 5.82 Å². The molecular formula is C10H14ClN5O2S. The molecule has 2 heterocycles. The summed E-state index contributed by atoms with van der Waals surface area (Å²) >= 11 is 0. The highest BCUT2D eigenvalue weighted by Gasteiger charge is 2.24. The van der Waals surface area contributed by atoms with Crippen molar-refractivity contribution < 1.29 is 8.42 Å². The van der Waals surface area contributed by atoms with Gasteiger partial charge in [0.25, 0.3) is 14.2 Å². The molecule has 2 aromatic heterocycles. The van der Waals surface area contributed by atoms with Crippen LogP contribution in [0.15, 0.2) is 17.6 Å². The number of rotatable bonds is 4. The highest BCUT2D eigenvalue weighted by Crippen LogP contribution is 2.23. The predicted molar refractivity (Wildman–Crippen MR) is 70.1 cm³/mol. The highest BCUT2D eigenvalue weighted by molar-refractivity contribution is 8.13. The van der Waals surface area contributed by atoms with Crippen molar-refractivity contribution in [2.24, 2.45) is 13.0 Å². The average Bonchev–Trinajstić information content (AvgIpc) is 2.82. The molecular weight excluding hydrogens is 290 g/mol. The van der Waals surface area contributed by atoms with Crippen molar-refractivity contribution in [2.45, 2.75) is 25.5 Å². The van der Waals surface area contributed by atoms with E-state index < -0.39 is 9.05 Å². The molecule has 0 aromatic carbocycles. The monoisotopic (exact) mass is 303 g/mol. The van der Waals surface area contributed by atoms with Crippen LogP contribution in [0.25, 0.3) is 11.4 Å². The van der Waals surface area contributed by atoms with E-state index in [1.807, 2.05) is 13.8 Å². The van der Waals surface area contributed by atoms with Gasteiger partial charge in [-0.1, -0.05) is 13.8 Å². The summed E-state index contributed by atoms with van der Waals surface area (Å²) in [7, 11) is 3.23. The Balaban J connectivity index is 2.59. The Morgan fingerprint density at radius 2 is 2.05 bits per heavy atom. The first-order valence-electron chi connectivity index (χ1n) is 5.66. The molecule has 0 bridgehead atoms. The van der Waals surface area contributed by atoms with Gasteiger partial charge in [-0.05, 0) is 5.92 Å². The summed E-state index contributed by atoms with van der Waals surface area (Å²) < 4.78 is 26.1. The first-order valence-corrected chi connectivity index (χ1v) is 7.97. The van der Waals surface area contributed by atoms with Gasteiger partial charge in [-0.25, -0.2) is 8.42 Å².